The number of aromatic amines is 1. The van der Waals surface area contributed by atoms with Crippen LogP contribution in [0.2, 0.25) is 0 Å². The van der Waals surface area contributed by atoms with Gasteiger partial charge in [-0.2, -0.15) is 0 Å². The van der Waals surface area contributed by atoms with Crippen LogP contribution < -0.4 is 11.2 Å². The molecule has 6 nitrogen and oxygen atoms in total. The highest BCUT2D eigenvalue weighted by Gasteiger charge is 2.38. The molecule has 0 radical (unpaired) electrons. The molecule has 0 amide bonds. The first-order valence-electron chi connectivity index (χ1n) is 5.59. The first kappa shape index (κ1) is 14.5. The standard InChI is InChI=1S/C11H12BrClN2O4/c12-3-1-7(16)10-6(13)5-9(19-10)15-4-2-8(17)14-11(15)18/h1-4,6-7,9-10,16H,5H2,(H,14,17,18)/b3-1+/t6-,7?,9+,10-/m0/s1. The van der Waals surface area contributed by atoms with Gasteiger partial charge in [-0.15, -0.1) is 11.6 Å². The number of ether oxygens (including phenoxy) is 1. The Labute approximate surface area is 121 Å². The Kier molecular flexibility index (Phi) is 4.62. The van der Waals surface area contributed by atoms with E-state index in [1.165, 1.54) is 27.9 Å². The Balaban J connectivity index is 2.21. The fraction of sp³-hybridized carbons (Fsp3) is 0.455. The van der Waals surface area contributed by atoms with Gasteiger partial charge in [-0.05, 0) is 11.1 Å². The van der Waals surface area contributed by atoms with Crippen molar-refractivity contribution >= 4 is 27.5 Å². The first-order valence-corrected chi connectivity index (χ1v) is 6.94. The van der Waals surface area contributed by atoms with Crippen LogP contribution in [0.3, 0.4) is 0 Å². The Morgan fingerprint density at radius 3 is 3.00 bits per heavy atom. The van der Waals surface area contributed by atoms with E-state index >= 15 is 0 Å². The van der Waals surface area contributed by atoms with Crippen LogP contribution in [0.5, 0.6) is 0 Å². The molecule has 1 unspecified atom stereocenters. The van der Waals surface area contributed by atoms with Crippen LogP contribution in [0.4, 0.5) is 0 Å². The maximum absolute atomic E-state index is 11.6. The highest BCUT2D eigenvalue weighted by atomic mass is 79.9. The SMILES string of the molecule is O=c1ccn([C@H]2C[C@H](Cl)[C@@H](C(O)/C=C/Br)O2)c(=O)[nH]1. The summed E-state index contributed by atoms with van der Waals surface area (Å²) in [5, 5.41) is 9.40. The van der Waals surface area contributed by atoms with Crippen molar-refractivity contribution < 1.29 is 9.84 Å². The molecule has 2 rings (SSSR count). The molecule has 1 aromatic rings. The molecule has 0 spiro atoms. The van der Waals surface area contributed by atoms with E-state index in [9.17, 15) is 14.7 Å². The van der Waals surface area contributed by atoms with E-state index in [0.29, 0.717) is 6.42 Å². The van der Waals surface area contributed by atoms with Gasteiger partial charge in [0.25, 0.3) is 5.56 Å². The van der Waals surface area contributed by atoms with Crippen LogP contribution in [0, 0.1) is 0 Å². The maximum atomic E-state index is 11.6. The lowest BCUT2D eigenvalue weighted by atomic mass is 10.1. The molecule has 0 aliphatic carbocycles. The highest BCUT2D eigenvalue weighted by Crippen LogP contribution is 2.33. The molecule has 1 aromatic heterocycles. The summed E-state index contributed by atoms with van der Waals surface area (Å²) in [6.07, 6.45) is 1.13. The monoisotopic (exact) mass is 350 g/mol. The molecule has 19 heavy (non-hydrogen) atoms. The van der Waals surface area contributed by atoms with Gasteiger partial charge in [0, 0.05) is 18.7 Å². The smallest absolute Gasteiger partial charge is 0.330 e. The van der Waals surface area contributed by atoms with Crippen LogP contribution in [-0.2, 0) is 4.74 Å². The van der Waals surface area contributed by atoms with E-state index in [1.807, 2.05) is 0 Å². The third kappa shape index (κ3) is 3.17. The van der Waals surface area contributed by atoms with E-state index in [4.69, 9.17) is 16.3 Å². The second-order valence-corrected chi connectivity index (χ2v) is 5.22. The third-order valence-corrected chi connectivity index (χ3v) is 3.60. The number of halogens is 2. The molecule has 1 fully saturated rings. The van der Waals surface area contributed by atoms with Crippen molar-refractivity contribution in [3.8, 4) is 0 Å². The first-order chi connectivity index (χ1) is 9.02. The zero-order chi connectivity index (χ0) is 14.0. The Morgan fingerprint density at radius 2 is 2.37 bits per heavy atom. The number of hydrogen-bond donors (Lipinski definition) is 2. The number of alkyl halides is 1. The Hall–Kier alpha value is -0.890. The predicted octanol–water partition coefficient (Wildman–Crippen LogP) is 0.701. The van der Waals surface area contributed by atoms with Crippen molar-refractivity contribution in [2.75, 3.05) is 0 Å². The number of H-pyrrole nitrogens is 1. The zero-order valence-electron chi connectivity index (χ0n) is 9.70. The van der Waals surface area contributed by atoms with Crippen LogP contribution in [0.15, 0.2) is 32.9 Å². The normalized spacial score (nSPS) is 28.9. The molecule has 8 heteroatoms. The average molecular weight is 352 g/mol. The number of aliphatic hydroxyl groups excluding tert-OH is 1. The van der Waals surface area contributed by atoms with Crippen molar-refractivity contribution in [2.45, 2.75) is 30.2 Å². The number of hydrogen-bond acceptors (Lipinski definition) is 4. The molecule has 0 aromatic carbocycles. The number of nitrogens with one attached hydrogen (secondary N) is 1. The van der Waals surface area contributed by atoms with Crippen molar-refractivity contribution in [3.05, 3.63) is 44.2 Å². The molecule has 104 valence electrons. The van der Waals surface area contributed by atoms with Gasteiger partial charge >= 0.3 is 5.69 Å². The van der Waals surface area contributed by atoms with E-state index in [0.717, 1.165) is 0 Å². The van der Waals surface area contributed by atoms with Crippen LogP contribution in [-0.4, -0.2) is 32.2 Å². The van der Waals surface area contributed by atoms with Crippen molar-refractivity contribution in [2.24, 2.45) is 0 Å². The van der Waals surface area contributed by atoms with Gasteiger partial charge in [0.05, 0.1) is 5.38 Å². The molecule has 1 saturated heterocycles. The minimum atomic E-state index is -0.870. The van der Waals surface area contributed by atoms with Gasteiger partial charge in [-0.1, -0.05) is 15.9 Å². The Morgan fingerprint density at radius 1 is 1.63 bits per heavy atom. The van der Waals surface area contributed by atoms with Gasteiger partial charge in [0.1, 0.15) is 18.4 Å². The van der Waals surface area contributed by atoms with Crippen molar-refractivity contribution in [3.63, 3.8) is 0 Å². The predicted molar refractivity (Wildman–Crippen MR) is 73.6 cm³/mol. The topological polar surface area (TPSA) is 84.3 Å². The lowest BCUT2D eigenvalue weighted by Crippen LogP contribution is -2.33. The van der Waals surface area contributed by atoms with Crippen molar-refractivity contribution in [1.82, 2.24) is 9.55 Å². The molecular weight excluding hydrogens is 339 g/mol. The second-order valence-electron chi connectivity index (χ2n) is 4.13. The zero-order valence-corrected chi connectivity index (χ0v) is 12.0. The van der Waals surface area contributed by atoms with Crippen LogP contribution in [0.25, 0.3) is 0 Å². The van der Waals surface area contributed by atoms with E-state index in [-0.39, 0.29) is 0 Å². The summed E-state index contributed by atoms with van der Waals surface area (Å²) in [6.45, 7) is 0. The Bertz CT molecular complexity index is 585. The van der Waals surface area contributed by atoms with Gasteiger partial charge in [-0.25, -0.2) is 4.79 Å². The van der Waals surface area contributed by atoms with Crippen LogP contribution in [0.1, 0.15) is 12.6 Å². The molecule has 0 saturated carbocycles. The number of nitrogens with zero attached hydrogens (tertiary/aromatic N) is 1. The fourth-order valence-electron chi connectivity index (χ4n) is 1.96. The van der Waals surface area contributed by atoms with Gasteiger partial charge in [0.15, 0.2) is 0 Å². The summed E-state index contributed by atoms with van der Waals surface area (Å²) in [5.74, 6) is 0. The second kappa shape index (κ2) is 6.04. The van der Waals surface area contributed by atoms with Gasteiger partial charge < -0.3 is 9.84 Å². The van der Waals surface area contributed by atoms with Gasteiger partial charge in [-0.3, -0.25) is 14.3 Å². The minimum absolute atomic E-state index is 0.366. The summed E-state index contributed by atoms with van der Waals surface area (Å²) in [7, 11) is 0. The molecule has 1 aliphatic rings. The number of rotatable bonds is 3. The molecule has 0 bridgehead atoms. The van der Waals surface area contributed by atoms with Crippen LogP contribution >= 0.6 is 27.5 Å². The van der Waals surface area contributed by atoms with E-state index < -0.39 is 35.1 Å². The summed E-state index contributed by atoms with van der Waals surface area (Å²) in [5.41, 5.74) is -1.03. The van der Waals surface area contributed by atoms with E-state index in [2.05, 4.69) is 20.9 Å². The molecule has 1 aliphatic heterocycles. The van der Waals surface area contributed by atoms with E-state index in [1.54, 1.807) is 0 Å². The summed E-state index contributed by atoms with van der Waals surface area (Å²) < 4.78 is 6.83. The lowest BCUT2D eigenvalue weighted by molar-refractivity contribution is -0.0452. The molecule has 2 N–H and O–H groups in total. The summed E-state index contributed by atoms with van der Waals surface area (Å²) >= 11 is 9.18. The quantitative estimate of drug-likeness (QED) is 0.785. The molecule has 2 heterocycles. The maximum Gasteiger partial charge on any atom is 0.330 e. The largest absolute Gasteiger partial charge is 0.386 e. The minimum Gasteiger partial charge on any atom is -0.386 e. The van der Waals surface area contributed by atoms with Crippen molar-refractivity contribution in [1.29, 1.82) is 0 Å². The molecular formula is C11H12BrClN2O4. The number of aromatic nitrogens is 2. The highest BCUT2D eigenvalue weighted by molar-refractivity contribution is 9.11. The summed E-state index contributed by atoms with van der Waals surface area (Å²) in [4.78, 5) is 26.3. The number of aliphatic hydroxyl groups is 1. The van der Waals surface area contributed by atoms with Gasteiger partial charge in [0.2, 0.25) is 0 Å². The lowest BCUT2D eigenvalue weighted by Gasteiger charge is -2.18. The third-order valence-electron chi connectivity index (χ3n) is 2.87. The average Bonchev–Trinajstić information content (AvgIpc) is 2.71. The summed E-state index contributed by atoms with van der Waals surface area (Å²) in [6, 6.07) is 1.23. The molecule has 4 atom stereocenters. The fourth-order valence-corrected chi connectivity index (χ4v) is 2.63.